The molecule has 0 fully saturated rings. The smallest absolute Gasteiger partial charge is 0.381 e. The van der Waals surface area contributed by atoms with E-state index in [0.29, 0.717) is 0 Å². The zero-order chi connectivity index (χ0) is 9.84. The van der Waals surface area contributed by atoms with E-state index in [1.807, 2.05) is 0 Å². The van der Waals surface area contributed by atoms with Gasteiger partial charge in [-0.3, -0.25) is 4.79 Å². The summed E-state index contributed by atoms with van der Waals surface area (Å²) in [6.45, 7) is 3.34. The van der Waals surface area contributed by atoms with Crippen molar-refractivity contribution in [1.29, 1.82) is 0 Å². The number of ketones is 1. The maximum Gasteiger partial charge on any atom is 0.381 e. The van der Waals surface area contributed by atoms with Gasteiger partial charge in [-0.25, -0.2) is 4.79 Å². The molecule has 1 rings (SSSR count). The Labute approximate surface area is 73.0 Å². The summed E-state index contributed by atoms with van der Waals surface area (Å²) in [4.78, 5) is 21.8. The predicted octanol–water partition coefficient (Wildman–Crippen LogP) is -1.11. The number of hydrogen-bond acceptors (Lipinski definition) is 6. The Morgan fingerprint density at radius 3 is 2.69 bits per heavy atom. The number of tetrazole rings is 1. The highest BCUT2D eigenvalue weighted by Gasteiger charge is 2.19. The second kappa shape index (κ2) is 3.57. The van der Waals surface area contributed by atoms with Crippen molar-refractivity contribution >= 4 is 17.4 Å². The van der Waals surface area contributed by atoms with Crippen LogP contribution < -0.4 is 0 Å². The molecule has 0 aliphatic heterocycles. The van der Waals surface area contributed by atoms with Crippen LogP contribution >= 0.6 is 0 Å². The molecule has 13 heavy (non-hydrogen) atoms. The van der Waals surface area contributed by atoms with Crippen molar-refractivity contribution in [3.63, 3.8) is 0 Å². The van der Waals surface area contributed by atoms with Crippen molar-refractivity contribution in [2.75, 3.05) is 7.11 Å². The fraction of sp³-hybridized carbons (Fsp3) is 0.167. The molecule has 7 nitrogen and oxygen atoms in total. The van der Waals surface area contributed by atoms with Crippen LogP contribution in [0.3, 0.4) is 0 Å². The average molecular weight is 182 g/mol. The van der Waals surface area contributed by atoms with E-state index in [9.17, 15) is 9.59 Å². The van der Waals surface area contributed by atoms with Gasteiger partial charge in [0.05, 0.1) is 7.11 Å². The van der Waals surface area contributed by atoms with Crippen LogP contribution in [0.1, 0.15) is 0 Å². The minimum Gasteiger partial charge on any atom is -0.463 e. The molecule has 0 aromatic carbocycles. The van der Waals surface area contributed by atoms with Gasteiger partial charge < -0.3 is 4.74 Å². The first-order chi connectivity index (χ1) is 6.16. The number of esters is 1. The van der Waals surface area contributed by atoms with Gasteiger partial charge >= 0.3 is 5.97 Å². The molecule has 0 aliphatic rings. The molecular weight excluding hydrogens is 176 g/mol. The Morgan fingerprint density at radius 1 is 1.54 bits per heavy atom. The number of ether oxygens (including phenoxy) is 1. The summed E-state index contributed by atoms with van der Waals surface area (Å²) in [5, 5.41) is 9.94. The Hall–Kier alpha value is -2.05. The number of nitrogens with zero attached hydrogens (tertiary/aromatic N) is 4. The highest BCUT2D eigenvalue weighted by atomic mass is 16.5. The molecule has 0 N–H and O–H groups in total. The molecule has 0 aliphatic carbocycles. The van der Waals surface area contributed by atoms with Gasteiger partial charge in [-0.15, -0.1) is 5.10 Å². The van der Waals surface area contributed by atoms with Crippen LogP contribution in [0.25, 0.3) is 5.70 Å². The van der Waals surface area contributed by atoms with Crippen molar-refractivity contribution in [3.05, 3.63) is 12.9 Å². The van der Waals surface area contributed by atoms with Gasteiger partial charge in [-0.2, -0.15) is 4.68 Å². The Kier molecular flexibility index (Phi) is 2.48. The van der Waals surface area contributed by atoms with E-state index >= 15 is 0 Å². The molecule has 0 amide bonds. The summed E-state index contributed by atoms with van der Waals surface area (Å²) in [6, 6.07) is 0. The fourth-order valence-corrected chi connectivity index (χ4v) is 0.600. The molecule has 0 saturated heterocycles. The Bertz CT molecular complexity index is 343. The molecule has 1 heterocycles. The van der Waals surface area contributed by atoms with E-state index in [1.165, 1.54) is 0 Å². The molecule has 68 valence electrons. The number of aromatic nitrogens is 4. The summed E-state index contributed by atoms with van der Waals surface area (Å²) in [5.74, 6) is -1.88. The molecule has 0 atom stereocenters. The number of Topliss-reactive ketones (excluding diaryl/α,β-unsaturated/α-hetero) is 1. The summed E-state index contributed by atoms with van der Waals surface area (Å²) in [6.07, 6.45) is 1.16. The number of rotatable bonds is 3. The minimum atomic E-state index is -1.000. The molecule has 0 unspecified atom stereocenters. The molecule has 7 heteroatoms. The van der Waals surface area contributed by atoms with Crippen LogP contribution in [-0.2, 0) is 14.3 Å². The van der Waals surface area contributed by atoms with Crippen molar-refractivity contribution < 1.29 is 14.3 Å². The summed E-state index contributed by atoms with van der Waals surface area (Å²) in [5.41, 5.74) is -0.156. The predicted molar refractivity (Wildman–Crippen MR) is 40.2 cm³/mol. The van der Waals surface area contributed by atoms with Crippen molar-refractivity contribution in [2.45, 2.75) is 0 Å². The van der Waals surface area contributed by atoms with Gasteiger partial charge in [0, 0.05) is 0 Å². The maximum absolute atomic E-state index is 11.1. The van der Waals surface area contributed by atoms with Crippen LogP contribution in [0.2, 0.25) is 0 Å². The lowest BCUT2D eigenvalue weighted by molar-refractivity contribution is -0.149. The third-order valence-electron chi connectivity index (χ3n) is 1.26. The van der Waals surface area contributed by atoms with Crippen molar-refractivity contribution in [1.82, 2.24) is 20.2 Å². The van der Waals surface area contributed by atoms with Gasteiger partial charge in [0.25, 0.3) is 5.78 Å². The lowest BCUT2D eigenvalue weighted by atomic mass is 10.3. The van der Waals surface area contributed by atoms with Crippen LogP contribution in [0, 0.1) is 0 Å². The summed E-state index contributed by atoms with van der Waals surface area (Å²) < 4.78 is 5.19. The lowest BCUT2D eigenvalue weighted by Gasteiger charge is -1.99. The molecule has 0 saturated carbocycles. The number of hydrogen-bond donors (Lipinski definition) is 0. The van der Waals surface area contributed by atoms with Crippen molar-refractivity contribution in [2.24, 2.45) is 0 Å². The van der Waals surface area contributed by atoms with Gasteiger partial charge in [-0.05, 0) is 10.4 Å². The summed E-state index contributed by atoms with van der Waals surface area (Å²) >= 11 is 0. The van der Waals surface area contributed by atoms with E-state index in [2.05, 4.69) is 26.8 Å². The number of methoxy groups -OCH3 is 1. The minimum absolute atomic E-state index is 0.156. The Balaban J connectivity index is 2.81. The van der Waals surface area contributed by atoms with Gasteiger partial charge in [0.1, 0.15) is 12.0 Å². The first kappa shape index (κ1) is 9.04. The zero-order valence-electron chi connectivity index (χ0n) is 6.80. The van der Waals surface area contributed by atoms with Crippen LogP contribution in [0.4, 0.5) is 0 Å². The monoisotopic (exact) mass is 182 g/mol. The van der Waals surface area contributed by atoms with E-state index in [-0.39, 0.29) is 5.70 Å². The summed E-state index contributed by atoms with van der Waals surface area (Å²) in [7, 11) is 1.10. The van der Waals surface area contributed by atoms with E-state index in [4.69, 9.17) is 0 Å². The highest BCUT2D eigenvalue weighted by molar-refractivity contribution is 6.49. The van der Waals surface area contributed by atoms with Gasteiger partial charge in [0.2, 0.25) is 0 Å². The normalized spacial score (nSPS) is 9.31. The highest BCUT2D eigenvalue weighted by Crippen LogP contribution is 1.99. The average Bonchev–Trinajstić information content (AvgIpc) is 2.67. The first-order valence-corrected chi connectivity index (χ1v) is 3.21. The van der Waals surface area contributed by atoms with Crippen molar-refractivity contribution in [3.8, 4) is 0 Å². The van der Waals surface area contributed by atoms with E-state index < -0.39 is 11.8 Å². The van der Waals surface area contributed by atoms with E-state index in [1.54, 1.807) is 0 Å². The topological polar surface area (TPSA) is 87.0 Å². The Morgan fingerprint density at radius 2 is 2.23 bits per heavy atom. The third kappa shape index (κ3) is 1.75. The van der Waals surface area contributed by atoms with Crippen LogP contribution in [0.5, 0.6) is 0 Å². The number of carbonyl (C=O) groups excluding carboxylic acids is 2. The zero-order valence-corrected chi connectivity index (χ0v) is 6.80. The first-order valence-electron chi connectivity index (χ1n) is 3.21. The molecule has 0 radical (unpaired) electrons. The van der Waals surface area contributed by atoms with Crippen LogP contribution in [-0.4, -0.2) is 39.1 Å². The van der Waals surface area contributed by atoms with Crippen LogP contribution in [0.15, 0.2) is 12.9 Å². The second-order valence-corrected chi connectivity index (χ2v) is 2.02. The maximum atomic E-state index is 11.1. The van der Waals surface area contributed by atoms with Gasteiger partial charge in [0.15, 0.2) is 0 Å². The molecule has 0 bridgehead atoms. The SMILES string of the molecule is C=C(C(=O)C(=O)OC)n1cnnn1. The molecule has 1 aromatic rings. The lowest BCUT2D eigenvalue weighted by Crippen LogP contribution is -2.20. The van der Waals surface area contributed by atoms with E-state index in [0.717, 1.165) is 18.1 Å². The second-order valence-electron chi connectivity index (χ2n) is 2.02. The fourth-order valence-electron chi connectivity index (χ4n) is 0.600. The molecule has 0 spiro atoms. The third-order valence-corrected chi connectivity index (χ3v) is 1.26. The molecular formula is C6H6N4O3. The number of carbonyl (C=O) groups is 2. The quantitative estimate of drug-likeness (QED) is 0.334. The standard InChI is InChI=1S/C6H6N4O3/c1-4(5(11)6(12)13-2)10-3-7-8-9-10/h3H,1H2,2H3. The largest absolute Gasteiger partial charge is 0.463 e. The molecule has 1 aromatic heterocycles. The van der Waals surface area contributed by atoms with Gasteiger partial charge in [-0.1, -0.05) is 6.58 Å².